The number of methoxy groups -OCH3 is 1. The van der Waals surface area contributed by atoms with Gasteiger partial charge in [-0.1, -0.05) is 29.8 Å². The highest BCUT2D eigenvalue weighted by Crippen LogP contribution is 2.55. The molecule has 0 bridgehead atoms. The molecule has 4 nitrogen and oxygen atoms in total. The van der Waals surface area contributed by atoms with E-state index in [9.17, 15) is 12.8 Å². The first-order chi connectivity index (χ1) is 11.3. The van der Waals surface area contributed by atoms with Crippen LogP contribution >= 0.6 is 0 Å². The summed E-state index contributed by atoms with van der Waals surface area (Å²) in [5, 5.41) is -0.793. The Kier molecular flexibility index (Phi) is 4.23. The highest BCUT2D eigenvalue weighted by atomic mass is 32.2. The Morgan fingerprint density at radius 2 is 1.71 bits per heavy atom. The van der Waals surface area contributed by atoms with Crippen molar-refractivity contribution in [3.05, 3.63) is 65.5 Å². The van der Waals surface area contributed by atoms with E-state index in [0.717, 1.165) is 5.56 Å². The highest BCUT2D eigenvalue weighted by Gasteiger charge is 2.69. The monoisotopic (exact) mass is 349 g/mol. The number of hydrogen-bond acceptors (Lipinski definition) is 4. The van der Waals surface area contributed by atoms with Crippen molar-refractivity contribution in [1.82, 2.24) is 0 Å². The zero-order chi connectivity index (χ0) is 17.5. The Morgan fingerprint density at radius 3 is 2.25 bits per heavy atom. The van der Waals surface area contributed by atoms with Crippen LogP contribution in [0.4, 0.5) is 4.39 Å². The molecule has 0 saturated heterocycles. The lowest BCUT2D eigenvalue weighted by atomic mass is 10.1. The lowest BCUT2D eigenvalue weighted by Crippen LogP contribution is -2.35. The average molecular weight is 349 g/mol. The molecule has 0 aromatic heterocycles. The summed E-state index contributed by atoms with van der Waals surface area (Å²) in [5.41, 5.74) is 7.04. The third-order valence-corrected chi connectivity index (χ3v) is 6.92. The minimum Gasteiger partial charge on any atom is -0.383 e. The van der Waals surface area contributed by atoms with Crippen molar-refractivity contribution in [1.29, 1.82) is 0 Å². The molecule has 0 heterocycles. The maximum atomic E-state index is 13.2. The number of aryl methyl sites for hydroxylation is 1. The zero-order valence-corrected chi connectivity index (χ0v) is 14.4. The Hall–Kier alpha value is -1.76. The summed E-state index contributed by atoms with van der Waals surface area (Å²) in [5.74, 6) is -0.795. The predicted octanol–water partition coefficient (Wildman–Crippen LogP) is 2.42. The third-order valence-electron chi connectivity index (χ3n) is 4.61. The Balaban J connectivity index is 2.01. The van der Waals surface area contributed by atoms with E-state index in [-0.39, 0.29) is 17.3 Å². The van der Waals surface area contributed by atoms with Gasteiger partial charge in [0.1, 0.15) is 5.82 Å². The second-order valence-corrected chi connectivity index (χ2v) is 8.42. The minimum absolute atomic E-state index is 0.116. The van der Waals surface area contributed by atoms with Gasteiger partial charge in [-0.2, -0.15) is 0 Å². The van der Waals surface area contributed by atoms with Crippen LogP contribution in [-0.2, 0) is 14.6 Å². The van der Waals surface area contributed by atoms with E-state index in [1.54, 1.807) is 36.4 Å². The molecule has 1 aliphatic rings. The maximum Gasteiger partial charge on any atom is 0.183 e. The van der Waals surface area contributed by atoms with Gasteiger partial charge in [0.15, 0.2) is 9.84 Å². The van der Waals surface area contributed by atoms with Crippen molar-refractivity contribution < 1.29 is 17.5 Å². The summed E-state index contributed by atoms with van der Waals surface area (Å²) in [6.07, 6.45) is 0. The quantitative estimate of drug-likeness (QED) is 0.900. The summed E-state index contributed by atoms with van der Waals surface area (Å²) < 4.78 is 44.4. The molecule has 1 saturated carbocycles. The van der Waals surface area contributed by atoms with Crippen LogP contribution in [0.3, 0.4) is 0 Å². The van der Waals surface area contributed by atoms with Crippen molar-refractivity contribution in [2.24, 2.45) is 5.73 Å². The van der Waals surface area contributed by atoms with Gasteiger partial charge in [-0.3, -0.25) is 0 Å². The molecule has 24 heavy (non-hydrogen) atoms. The third kappa shape index (κ3) is 2.75. The molecular weight excluding hydrogens is 329 g/mol. The van der Waals surface area contributed by atoms with Crippen LogP contribution in [0.5, 0.6) is 0 Å². The van der Waals surface area contributed by atoms with E-state index >= 15 is 0 Å². The van der Waals surface area contributed by atoms with Crippen LogP contribution in [0.15, 0.2) is 53.4 Å². The molecule has 0 unspecified atom stereocenters. The fourth-order valence-electron chi connectivity index (χ4n) is 3.34. The van der Waals surface area contributed by atoms with Crippen LogP contribution < -0.4 is 5.73 Å². The molecule has 3 rings (SSSR count). The van der Waals surface area contributed by atoms with Crippen LogP contribution in [0.2, 0.25) is 0 Å². The smallest absolute Gasteiger partial charge is 0.183 e. The maximum absolute atomic E-state index is 13.2. The minimum atomic E-state index is -3.62. The van der Waals surface area contributed by atoms with Gasteiger partial charge in [0, 0.05) is 13.0 Å². The Bertz CT molecular complexity index is 834. The van der Waals surface area contributed by atoms with E-state index in [4.69, 9.17) is 10.5 Å². The van der Waals surface area contributed by atoms with E-state index in [1.807, 2.05) is 6.92 Å². The van der Waals surface area contributed by atoms with Gasteiger partial charge < -0.3 is 10.5 Å². The van der Waals surface area contributed by atoms with Gasteiger partial charge in [0.05, 0.1) is 22.3 Å². The molecular formula is C18H20FNO3S. The van der Waals surface area contributed by atoms with Gasteiger partial charge in [0.2, 0.25) is 0 Å². The van der Waals surface area contributed by atoms with Crippen molar-refractivity contribution in [3.63, 3.8) is 0 Å². The molecule has 0 radical (unpaired) electrons. The number of rotatable bonds is 5. The van der Waals surface area contributed by atoms with Gasteiger partial charge in [-0.25, -0.2) is 12.8 Å². The van der Waals surface area contributed by atoms with Gasteiger partial charge >= 0.3 is 0 Å². The first-order valence-electron chi connectivity index (χ1n) is 7.64. The van der Waals surface area contributed by atoms with Gasteiger partial charge in [-0.15, -0.1) is 0 Å². The molecule has 2 N–H and O–H groups in total. The second kappa shape index (κ2) is 5.95. The molecule has 0 spiro atoms. The van der Waals surface area contributed by atoms with Crippen molar-refractivity contribution in [2.75, 3.05) is 13.7 Å². The van der Waals surface area contributed by atoms with Crippen molar-refractivity contribution in [2.45, 2.75) is 28.5 Å². The van der Waals surface area contributed by atoms with Crippen LogP contribution in [0, 0.1) is 12.7 Å². The molecule has 0 aliphatic heterocycles. The number of ether oxygens (including phenoxy) is 1. The summed E-state index contributed by atoms with van der Waals surface area (Å²) in [4.78, 5) is 0.244. The van der Waals surface area contributed by atoms with Crippen molar-refractivity contribution in [3.8, 4) is 0 Å². The summed E-state index contributed by atoms with van der Waals surface area (Å²) in [6, 6.07) is 12.5. The topological polar surface area (TPSA) is 69.4 Å². The highest BCUT2D eigenvalue weighted by molar-refractivity contribution is 7.92. The fraction of sp³-hybridized carbons (Fsp3) is 0.333. The number of nitrogens with two attached hydrogens (primary N) is 1. The predicted molar refractivity (Wildman–Crippen MR) is 90.1 cm³/mol. The van der Waals surface area contributed by atoms with E-state index in [1.165, 1.54) is 19.2 Å². The van der Waals surface area contributed by atoms with Crippen molar-refractivity contribution >= 4 is 9.84 Å². The van der Waals surface area contributed by atoms with E-state index < -0.39 is 26.5 Å². The van der Waals surface area contributed by atoms with Gasteiger partial charge in [-0.05, 0) is 36.8 Å². The second-order valence-electron chi connectivity index (χ2n) is 6.35. The molecule has 3 atom stereocenters. The molecule has 6 heteroatoms. The zero-order valence-electron chi connectivity index (χ0n) is 13.6. The number of hydrogen-bond donors (Lipinski definition) is 1. The Labute approximate surface area is 141 Å². The molecule has 2 aromatic rings. The molecule has 1 fully saturated rings. The van der Waals surface area contributed by atoms with Gasteiger partial charge in [0.25, 0.3) is 0 Å². The normalized spacial score (nSPS) is 26.3. The lowest BCUT2D eigenvalue weighted by Gasteiger charge is -2.11. The SMILES string of the molecule is COC[C@]1(N)[C@H](c2ccc(F)cc2)[C@H]1S(=O)(=O)c1ccc(C)cc1. The molecule has 1 aliphatic carbocycles. The number of sulfone groups is 1. The first-order valence-corrected chi connectivity index (χ1v) is 9.19. The molecule has 128 valence electrons. The van der Waals surface area contributed by atoms with Crippen LogP contribution in [0.1, 0.15) is 17.0 Å². The molecule has 2 aromatic carbocycles. The summed E-state index contributed by atoms with van der Waals surface area (Å²) in [6.45, 7) is 2.01. The van der Waals surface area contributed by atoms with Crippen LogP contribution in [0.25, 0.3) is 0 Å². The lowest BCUT2D eigenvalue weighted by molar-refractivity contribution is 0.171. The average Bonchev–Trinajstić information content (AvgIpc) is 3.15. The van der Waals surface area contributed by atoms with Crippen LogP contribution in [-0.4, -0.2) is 32.9 Å². The fourth-order valence-corrected chi connectivity index (χ4v) is 5.63. The standard InChI is InChI=1S/C18H20FNO3S/c1-12-3-9-15(10-4-12)24(21,22)17-16(18(17,20)11-23-2)13-5-7-14(19)8-6-13/h3-10,16-17H,11,20H2,1-2H3/t16-,17-,18+/m1/s1. The first kappa shape index (κ1) is 17.1. The number of benzene rings is 2. The number of halogens is 1. The Morgan fingerprint density at radius 1 is 1.12 bits per heavy atom. The molecule has 0 amide bonds. The summed E-state index contributed by atoms with van der Waals surface area (Å²) in [7, 11) is -2.13. The van der Waals surface area contributed by atoms with E-state index in [0.29, 0.717) is 5.56 Å². The van der Waals surface area contributed by atoms with E-state index in [2.05, 4.69) is 0 Å². The largest absolute Gasteiger partial charge is 0.383 e. The summed E-state index contributed by atoms with van der Waals surface area (Å²) >= 11 is 0.